The SMILES string of the molecule is COc1cccc(OC2CC(=O)C23CCCCCC3)c1. The van der Waals surface area contributed by atoms with Crippen molar-refractivity contribution in [3.05, 3.63) is 24.3 Å². The Hall–Kier alpha value is -1.51. The summed E-state index contributed by atoms with van der Waals surface area (Å²) in [4.78, 5) is 12.2. The third-order valence-electron chi connectivity index (χ3n) is 4.86. The van der Waals surface area contributed by atoms with Gasteiger partial charge in [-0.05, 0) is 25.0 Å². The summed E-state index contributed by atoms with van der Waals surface area (Å²) in [6, 6.07) is 7.66. The van der Waals surface area contributed by atoms with Crippen molar-refractivity contribution < 1.29 is 14.3 Å². The van der Waals surface area contributed by atoms with Gasteiger partial charge in [0.2, 0.25) is 0 Å². The molecule has 3 rings (SSSR count). The lowest BCUT2D eigenvalue weighted by molar-refractivity contribution is -0.154. The average molecular weight is 274 g/mol. The van der Waals surface area contributed by atoms with Gasteiger partial charge >= 0.3 is 0 Å². The molecule has 108 valence electrons. The van der Waals surface area contributed by atoms with Crippen molar-refractivity contribution in [2.45, 2.75) is 51.0 Å². The molecule has 3 heteroatoms. The van der Waals surface area contributed by atoms with Crippen LogP contribution < -0.4 is 9.47 Å². The second-order valence-electron chi connectivity index (χ2n) is 5.98. The first kappa shape index (κ1) is 13.5. The van der Waals surface area contributed by atoms with Gasteiger partial charge in [0.1, 0.15) is 23.4 Å². The quantitative estimate of drug-likeness (QED) is 0.842. The molecular formula is C17H22O3. The number of methoxy groups -OCH3 is 1. The highest BCUT2D eigenvalue weighted by atomic mass is 16.5. The molecule has 2 aliphatic rings. The van der Waals surface area contributed by atoms with Crippen LogP contribution in [0.2, 0.25) is 0 Å². The van der Waals surface area contributed by atoms with Gasteiger partial charge in [-0.2, -0.15) is 0 Å². The Morgan fingerprint density at radius 1 is 1.10 bits per heavy atom. The van der Waals surface area contributed by atoms with E-state index in [0.29, 0.717) is 12.2 Å². The Balaban J connectivity index is 1.75. The van der Waals surface area contributed by atoms with Crippen LogP contribution in [0.15, 0.2) is 24.3 Å². The van der Waals surface area contributed by atoms with Gasteiger partial charge in [-0.15, -0.1) is 0 Å². The summed E-state index contributed by atoms with van der Waals surface area (Å²) in [5, 5.41) is 0. The molecule has 0 heterocycles. The van der Waals surface area contributed by atoms with E-state index in [0.717, 1.165) is 37.2 Å². The van der Waals surface area contributed by atoms with E-state index in [-0.39, 0.29) is 11.5 Å². The summed E-state index contributed by atoms with van der Waals surface area (Å²) >= 11 is 0. The van der Waals surface area contributed by atoms with Crippen LogP contribution in [0.25, 0.3) is 0 Å². The molecule has 1 unspecified atom stereocenters. The molecule has 0 saturated heterocycles. The third kappa shape index (κ3) is 2.30. The van der Waals surface area contributed by atoms with Crippen LogP contribution in [-0.4, -0.2) is 19.0 Å². The van der Waals surface area contributed by atoms with Crippen LogP contribution in [0.3, 0.4) is 0 Å². The van der Waals surface area contributed by atoms with Crippen LogP contribution in [0, 0.1) is 5.41 Å². The summed E-state index contributed by atoms with van der Waals surface area (Å²) in [7, 11) is 1.65. The van der Waals surface area contributed by atoms with E-state index in [1.165, 1.54) is 12.8 Å². The predicted octanol–water partition coefficient (Wildman–Crippen LogP) is 3.76. The minimum atomic E-state index is -0.195. The lowest BCUT2D eigenvalue weighted by atomic mass is 9.60. The molecule has 2 aliphatic carbocycles. The zero-order valence-corrected chi connectivity index (χ0v) is 12.1. The fraction of sp³-hybridized carbons (Fsp3) is 0.588. The van der Waals surface area contributed by atoms with Crippen LogP contribution >= 0.6 is 0 Å². The molecule has 0 radical (unpaired) electrons. The van der Waals surface area contributed by atoms with Gasteiger partial charge < -0.3 is 9.47 Å². The minimum absolute atomic E-state index is 0.0557. The van der Waals surface area contributed by atoms with Gasteiger partial charge in [-0.25, -0.2) is 0 Å². The first-order valence-corrected chi connectivity index (χ1v) is 7.59. The van der Waals surface area contributed by atoms with E-state index >= 15 is 0 Å². The summed E-state index contributed by atoms with van der Waals surface area (Å²) in [5.74, 6) is 2.01. The fourth-order valence-electron chi connectivity index (χ4n) is 3.57. The lowest BCUT2D eigenvalue weighted by Gasteiger charge is -2.47. The van der Waals surface area contributed by atoms with Crippen LogP contribution in [0.4, 0.5) is 0 Å². The smallest absolute Gasteiger partial charge is 0.146 e. The first-order chi connectivity index (χ1) is 9.74. The molecule has 1 aromatic rings. The van der Waals surface area contributed by atoms with E-state index in [1.807, 2.05) is 24.3 Å². The number of rotatable bonds is 3. The molecule has 0 aromatic heterocycles. The number of ketones is 1. The lowest BCUT2D eigenvalue weighted by Crippen LogP contribution is -2.56. The van der Waals surface area contributed by atoms with Crippen molar-refractivity contribution in [3.8, 4) is 11.5 Å². The zero-order chi connectivity index (χ0) is 14.0. The molecule has 20 heavy (non-hydrogen) atoms. The maximum atomic E-state index is 12.2. The van der Waals surface area contributed by atoms with E-state index < -0.39 is 0 Å². The normalized spacial score (nSPS) is 24.9. The topological polar surface area (TPSA) is 35.5 Å². The van der Waals surface area contributed by atoms with Crippen molar-refractivity contribution in [2.75, 3.05) is 7.11 Å². The molecule has 2 fully saturated rings. The third-order valence-corrected chi connectivity index (χ3v) is 4.86. The molecule has 1 spiro atoms. The monoisotopic (exact) mass is 274 g/mol. The van der Waals surface area contributed by atoms with Crippen LogP contribution in [0.5, 0.6) is 11.5 Å². The molecule has 0 amide bonds. The molecule has 0 aliphatic heterocycles. The van der Waals surface area contributed by atoms with E-state index in [1.54, 1.807) is 7.11 Å². The summed E-state index contributed by atoms with van der Waals surface area (Å²) in [6.07, 6.45) is 7.44. The molecule has 1 atom stereocenters. The van der Waals surface area contributed by atoms with Gasteiger partial charge in [0, 0.05) is 12.5 Å². The molecule has 0 bridgehead atoms. The van der Waals surface area contributed by atoms with Crippen molar-refractivity contribution in [2.24, 2.45) is 5.41 Å². The first-order valence-electron chi connectivity index (χ1n) is 7.59. The highest BCUT2D eigenvalue weighted by molar-refractivity contribution is 5.92. The Morgan fingerprint density at radius 3 is 2.45 bits per heavy atom. The number of Topliss-reactive ketones (excluding diaryl/α,β-unsaturated/α-hetero) is 1. The van der Waals surface area contributed by atoms with E-state index in [9.17, 15) is 4.79 Å². The zero-order valence-electron chi connectivity index (χ0n) is 12.1. The van der Waals surface area contributed by atoms with Gasteiger partial charge in [0.25, 0.3) is 0 Å². The fourth-order valence-corrected chi connectivity index (χ4v) is 3.57. The summed E-state index contributed by atoms with van der Waals surface area (Å²) in [5.41, 5.74) is -0.195. The molecular weight excluding hydrogens is 252 g/mol. The van der Waals surface area contributed by atoms with Crippen LogP contribution in [-0.2, 0) is 4.79 Å². The standard InChI is InChI=1S/C17H22O3/c1-19-13-7-6-8-14(11-13)20-16-12-15(18)17(16)9-4-2-3-5-10-17/h6-8,11,16H,2-5,9-10,12H2,1H3. The maximum Gasteiger partial charge on any atom is 0.146 e. The second kappa shape index (κ2) is 5.47. The molecule has 1 aromatic carbocycles. The summed E-state index contributed by atoms with van der Waals surface area (Å²) < 4.78 is 11.3. The Morgan fingerprint density at radius 2 is 1.80 bits per heavy atom. The second-order valence-corrected chi connectivity index (χ2v) is 5.98. The van der Waals surface area contributed by atoms with Crippen molar-refractivity contribution in [3.63, 3.8) is 0 Å². The molecule has 2 saturated carbocycles. The van der Waals surface area contributed by atoms with Crippen molar-refractivity contribution in [1.82, 2.24) is 0 Å². The Kier molecular flexibility index (Phi) is 3.68. The highest BCUT2D eigenvalue weighted by Gasteiger charge is 2.55. The Labute approximate surface area is 120 Å². The van der Waals surface area contributed by atoms with Crippen molar-refractivity contribution >= 4 is 5.78 Å². The number of carbonyl (C=O) groups excluding carboxylic acids is 1. The number of ether oxygens (including phenoxy) is 2. The average Bonchev–Trinajstić information content (AvgIpc) is 2.75. The number of hydrogen-bond donors (Lipinski definition) is 0. The highest BCUT2D eigenvalue weighted by Crippen LogP contribution is 2.49. The predicted molar refractivity (Wildman–Crippen MR) is 77.2 cm³/mol. The van der Waals surface area contributed by atoms with Gasteiger partial charge in [0.15, 0.2) is 0 Å². The van der Waals surface area contributed by atoms with E-state index in [2.05, 4.69) is 0 Å². The van der Waals surface area contributed by atoms with E-state index in [4.69, 9.17) is 9.47 Å². The van der Waals surface area contributed by atoms with Gasteiger partial charge in [-0.1, -0.05) is 31.7 Å². The van der Waals surface area contributed by atoms with Crippen LogP contribution in [0.1, 0.15) is 44.9 Å². The minimum Gasteiger partial charge on any atom is -0.497 e. The molecule has 0 N–H and O–H groups in total. The number of carbonyl (C=O) groups is 1. The van der Waals surface area contributed by atoms with Crippen molar-refractivity contribution in [1.29, 1.82) is 0 Å². The number of hydrogen-bond acceptors (Lipinski definition) is 3. The number of benzene rings is 1. The Bertz CT molecular complexity index is 487. The largest absolute Gasteiger partial charge is 0.497 e. The summed E-state index contributed by atoms with van der Waals surface area (Å²) in [6.45, 7) is 0. The van der Waals surface area contributed by atoms with Gasteiger partial charge in [-0.3, -0.25) is 4.79 Å². The van der Waals surface area contributed by atoms with Gasteiger partial charge in [0.05, 0.1) is 12.5 Å². The maximum absolute atomic E-state index is 12.2. The molecule has 3 nitrogen and oxygen atoms in total.